The molecule has 2 atom stereocenters. The average molecular weight is 411 g/mol. The molecule has 1 amide bonds. The monoisotopic (exact) mass is 410 g/mol. The minimum Gasteiger partial charge on any atom is -0.493 e. The third kappa shape index (κ3) is 6.40. The summed E-state index contributed by atoms with van der Waals surface area (Å²) in [7, 11) is 1.56. The van der Waals surface area contributed by atoms with Gasteiger partial charge in [-0.15, -0.1) is 0 Å². The molecule has 1 N–H and O–H groups in total. The van der Waals surface area contributed by atoms with E-state index in [2.05, 4.69) is 17.1 Å². The second kappa shape index (κ2) is 10.7. The van der Waals surface area contributed by atoms with Gasteiger partial charge >= 0.3 is 0 Å². The zero-order valence-corrected chi connectivity index (χ0v) is 18.1. The highest BCUT2D eigenvalue weighted by atomic mass is 35.5. The van der Waals surface area contributed by atoms with Gasteiger partial charge in [0.05, 0.1) is 31.5 Å². The lowest BCUT2D eigenvalue weighted by atomic mass is 10.1. The third-order valence-corrected chi connectivity index (χ3v) is 5.03. The lowest BCUT2D eigenvalue weighted by Crippen LogP contribution is -2.51. The van der Waals surface area contributed by atoms with E-state index in [0.717, 1.165) is 31.9 Å². The summed E-state index contributed by atoms with van der Waals surface area (Å²) in [5, 5.41) is 3.48. The van der Waals surface area contributed by atoms with Crippen molar-refractivity contribution in [2.24, 2.45) is 0 Å². The number of methoxy groups -OCH3 is 1. The van der Waals surface area contributed by atoms with E-state index in [1.165, 1.54) is 6.08 Å². The van der Waals surface area contributed by atoms with Crippen LogP contribution in [0.3, 0.4) is 0 Å². The molecular formula is C21H31ClN2O4. The second-order valence-electron chi connectivity index (χ2n) is 7.22. The summed E-state index contributed by atoms with van der Waals surface area (Å²) >= 11 is 6.33. The Kier molecular flexibility index (Phi) is 8.60. The molecule has 0 aromatic heterocycles. The predicted molar refractivity (Wildman–Crippen MR) is 112 cm³/mol. The fourth-order valence-corrected chi connectivity index (χ4v) is 3.32. The number of halogens is 1. The fraction of sp³-hybridized carbons (Fsp3) is 0.571. The molecule has 156 valence electrons. The van der Waals surface area contributed by atoms with E-state index in [9.17, 15) is 4.79 Å². The number of carbonyl (C=O) groups excluding carboxylic acids is 1. The van der Waals surface area contributed by atoms with E-state index in [0.29, 0.717) is 16.5 Å². The van der Waals surface area contributed by atoms with Gasteiger partial charge in [-0.2, -0.15) is 0 Å². The van der Waals surface area contributed by atoms with E-state index in [-0.39, 0.29) is 24.1 Å². The Morgan fingerprint density at radius 3 is 2.54 bits per heavy atom. The third-order valence-electron chi connectivity index (χ3n) is 4.75. The van der Waals surface area contributed by atoms with Crippen molar-refractivity contribution in [3.63, 3.8) is 0 Å². The molecule has 2 unspecified atom stereocenters. The molecule has 1 aromatic rings. The molecule has 0 spiro atoms. The van der Waals surface area contributed by atoms with E-state index in [1.54, 1.807) is 25.3 Å². The first-order chi connectivity index (χ1) is 13.3. The standard InChI is InChI=1S/C21H31ClN2O4/c1-14(2)28-21-18(22)12-17(13-19(21)26-5)6-7-20(25)23-15(3)16(4)24-8-10-27-11-9-24/h6-7,12-16H,8-11H2,1-5H3,(H,23,25)/b7-6+. The molecule has 0 radical (unpaired) electrons. The van der Waals surface area contributed by atoms with Crippen LogP contribution in [-0.4, -0.2) is 62.4 Å². The topological polar surface area (TPSA) is 60.0 Å². The van der Waals surface area contributed by atoms with Gasteiger partial charge in [-0.05, 0) is 51.5 Å². The molecule has 7 heteroatoms. The zero-order valence-electron chi connectivity index (χ0n) is 17.3. The number of hydrogen-bond acceptors (Lipinski definition) is 5. The first-order valence-corrected chi connectivity index (χ1v) is 10.0. The van der Waals surface area contributed by atoms with Crippen molar-refractivity contribution in [2.75, 3.05) is 33.4 Å². The van der Waals surface area contributed by atoms with Gasteiger partial charge in [0, 0.05) is 31.2 Å². The van der Waals surface area contributed by atoms with Crippen molar-refractivity contribution in [1.29, 1.82) is 0 Å². The van der Waals surface area contributed by atoms with Crippen LogP contribution in [-0.2, 0) is 9.53 Å². The minimum atomic E-state index is -0.148. The van der Waals surface area contributed by atoms with Gasteiger partial charge in [-0.25, -0.2) is 0 Å². The molecule has 0 bridgehead atoms. The molecule has 1 aliphatic rings. The molecule has 1 aromatic carbocycles. The van der Waals surface area contributed by atoms with Gasteiger partial charge in [0.1, 0.15) is 0 Å². The zero-order chi connectivity index (χ0) is 20.7. The molecule has 0 saturated carbocycles. The molecule has 28 heavy (non-hydrogen) atoms. The normalized spacial score (nSPS) is 17.5. The number of amides is 1. The van der Waals surface area contributed by atoms with Crippen LogP contribution in [0.4, 0.5) is 0 Å². The van der Waals surface area contributed by atoms with Crippen molar-refractivity contribution in [3.05, 3.63) is 28.8 Å². The smallest absolute Gasteiger partial charge is 0.244 e. The maximum absolute atomic E-state index is 12.3. The number of nitrogens with one attached hydrogen (secondary N) is 1. The van der Waals surface area contributed by atoms with E-state index >= 15 is 0 Å². The fourth-order valence-electron chi connectivity index (χ4n) is 3.05. The van der Waals surface area contributed by atoms with Crippen LogP contribution in [0.2, 0.25) is 5.02 Å². The highest BCUT2D eigenvalue weighted by Gasteiger charge is 2.22. The number of ether oxygens (including phenoxy) is 3. The van der Waals surface area contributed by atoms with Crippen LogP contribution in [0, 0.1) is 0 Å². The van der Waals surface area contributed by atoms with Crippen molar-refractivity contribution >= 4 is 23.6 Å². The summed E-state index contributed by atoms with van der Waals surface area (Å²) < 4.78 is 16.5. The Bertz CT molecular complexity index is 687. The molecule has 1 saturated heterocycles. The Morgan fingerprint density at radius 1 is 1.25 bits per heavy atom. The summed E-state index contributed by atoms with van der Waals surface area (Å²) in [6, 6.07) is 3.82. The molecule has 1 aliphatic heterocycles. The summed E-state index contributed by atoms with van der Waals surface area (Å²) in [5.41, 5.74) is 0.766. The molecule has 2 rings (SSSR count). The minimum absolute atomic E-state index is 0.0199. The average Bonchev–Trinajstić information content (AvgIpc) is 2.67. The maximum Gasteiger partial charge on any atom is 0.244 e. The largest absolute Gasteiger partial charge is 0.493 e. The maximum atomic E-state index is 12.3. The number of morpholine rings is 1. The van der Waals surface area contributed by atoms with Crippen LogP contribution in [0.25, 0.3) is 6.08 Å². The lowest BCUT2D eigenvalue weighted by Gasteiger charge is -2.35. The molecule has 1 fully saturated rings. The van der Waals surface area contributed by atoms with Gasteiger partial charge in [0.25, 0.3) is 0 Å². The molecule has 6 nitrogen and oxygen atoms in total. The predicted octanol–water partition coefficient (Wildman–Crippen LogP) is 3.37. The molecule has 0 aliphatic carbocycles. The SMILES string of the molecule is COc1cc(/C=C/C(=O)NC(C)C(C)N2CCOCC2)cc(Cl)c1OC(C)C. The van der Waals surface area contributed by atoms with Crippen molar-refractivity contribution in [3.8, 4) is 11.5 Å². The first-order valence-electron chi connectivity index (χ1n) is 9.66. The van der Waals surface area contributed by atoms with Crippen LogP contribution in [0.5, 0.6) is 11.5 Å². The number of carbonyl (C=O) groups is 1. The van der Waals surface area contributed by atoms with E-state index in [1.807, 2.05) is 20.8 Å². The van der Waals surface area contributed by atoms with E-state index in [4.69, 9.17) is 25.8 Å². The van der Waals surface area contributed by atoms with Gasteiger partial charge < -0.3 is 19.5 Å². The first kappa shape index (κ1) is 22.5. The summed E-state index contributed by atoms with van der Waals surface area (Å²) in [6.45, 7) is 11.2. The van der Waals surface area contributed by atoms with Crippen LogP contribution < -0.4 is 14.8 Å². The van der Waals surface area contributed by atoms with Crippen LogP contribution in [0.1, 0.15) is 33.3 Å². The van der Waals surface area contributed by atoms with Crippen molar-refractivity contribution in [2.45, 2.75) is 45.9 Å². The summed E-state index contributed by atoms with van der Waals surface area (Å²) in [6.07, 6.45) is 3.21. The van der Waals surface area contributed by atoms with Gasteiger partial charge in [-0.3, -0.25) is 9.69 Å². The van der Waals surface area contributed by atoms with E-state index < -0.39 is 0 Å². The Hall–Kier alpha value is -1.76. The molecule has 1 heterocycles. The number of rotatable bonds is 8. The molecular weight excluding hydrogens is 380 g/mol. The van der Waals surface area contributed by atoms with Crippen molar-refractivity contribution in [1.82, 2.24) is 10.2 Å². The highest BCUT2D eigenvalue weighted by Crippen LogP contribution is 2.37. The Morgan fingerprint density at radius 2 is 1.93 bits per heavy atom. The van der Waals surface area contributed by atoms with Gasteiger partial charge in [0.2, 0.25) is 5.91 Å². The van der Waals surface area contributed by atoms with Crippen LogP contribution >= 0.6 is 11.6 Å². The number of benzene rings is 1. The highest BCUT2D eigenvalue weighted by molar-refractivity contribution is 6.32. The van der Waals surface area contributed by atoms with Crippen molar-refractivity contribution < 1.29 is 19.0 Å². The Balaban J connectivity index is 2.00. The number of hydrogen-bond donors (Lipinski definition) is 1. The second-order valence-corrected chi connectivity index (χ2v) is 7.63. The Labute approximate surface area is 172 Å². The van der Waals surface area contributed by atoms with Gasteiger partial charge in [0.15, 0.2) is 11.5 Å². The summed E-state index contributed by atoms with van der Waals surface area (Å²) in [5.74, 6) is 0.898. The quantitative estimate of drug-likeness (QED) is 0.666. The summed E-state index contributed by atoms with van der Waals surface area (Å²) in [4.78, 5) is 14.7. The van der Waals surface area contributed by atoms with Gasteiger partial charge in [-0.1, -0.05) is 11.6 Å². The number of nitrogens with zero attached hydrogens (tertiary/aromatic N) is 1. The lowest BCUT2D eigenvalue weighted by molar-refractivity contribution is -0.117. The van der Waals surface area contributed by atoms with Crippen LogP contribution in [0.15, 0.2) is 18.2 Å².